The molecule has 24 heavy (non-hydrogen) atoms. The van der Waals surface area contributed by atoms with E-state index in [1.165, 1.54) is 41.9 Å². The normalized spacial score (nSPS) is 11.2. The number of rotatable bonds is 3. The Balaban J connectivity index is 2.04. The molecule has 7 heteroatoms. The van der Waals surface area contributed by atoms with E-state index >= 15 is 0 Å². The molecule has 0 unspecified atom stereocenters. The number of benzene rings is 1. The first-order chi connectivity index (χ1) is 11.4. The number of halogens is 1. The van der Waals surface area contributed by atoms with E-state index in [1.807, 2.05) is 13.8 Å². The molecule has 0 radical (unpaired) electrons. The van der Waals surface area contributed by atoms with E-state index in [-0.39, 0.29) is 23.3 Å². The van der Waals surface area contributed by atoms with Gasteiger partial charge in [0.1, 0.15) is 16.0 Å². The largest absolute Gasteiger partial charge is 0.322 e. The molecule has 2 aromatic heterocycles. The molecule has 3 aromatic rings. The Morgan fingerprint density at radius 2 is 1.96 bits per heavy atom. The number of anilines is 1. The molecule has 1 aromatic carbocycles. The van der Waals surface area contributed by atoms with Gasteiger partial charge in [-0.2, -0.15) is 0 Å². The highest BCUT2D eigenvalue weighted by Gasteiger charge is 2.21. The molecule has 0 aliphatic carbocycles. The average Bonchev–Trinajstić information content (AvgIpc) is 2.86. The summed E-state index contributed by atoms with van der Waals surface area (Å²) in [5, 5.41) is 2.71. The molecule has 0 atom stereocenters. The second-order valence-electron chi connectivity index (χ2n) is 5.72. The summed E-state index contributed by atoms with van der Waals surface area (Å²) in [6.45, 7) is 5.58. The van der Waals surface area contributed by atoms with Gasteiger partial charge in [0.05, 0.1) is 11.9 Å². The van der Waals surface area contributed by atoms with Crippen LogP contribution in [0.5, 0.6) is 0 Å². The molecule has 0 bridgehead atoms. The predicted molar refractivity (Wildman–Crippen MR) is 93.4 cm³/mol. The monoisotopic (exact) mass is 345 g/mol. The number of carbonyl (C=O) groups is 1. The summed E-state index contributed by atoms with van der Waals surface area (Å²) < 4.78 is 15.0. The molecule has 0 aliphatic rings. The lowest BCUT2D eigenvalue weighted by Crippen LogP contribution is -2.22. The summed E-state index contributed by atoms with van der Waals surface area (Å²) in [6.07, 6.45) is 1.47. The molecule has 1 amide bonds. The van der Waals surface area contributed by atoms with Crippen LogP contribution in [0.1, 0.15) is 35.1 Å². The smallest absolute Gasteiger partial charge is 0.271 e. The lowest BCUT2D eigenvalue weighted by molar-refractivity contribution is 0.102. The van der Waals surface area contributed by atoms with Crippen molar-refractivity contribution in [3.8, 4) is 0 Å². The van der Waals surface area contributed by atoms with Crippen LogP contribution < -0.4 is 10.9 Å². The van der Waals surface area contributed by atoms with Crippen LogP contribution in [-0.4, -0.2) is 15.5 Å². The fourth-order valence-corrected chi connectivity index (χ4v) is 3.49. The Morgan fingerprint density at radius 3 is 2.58 bits per heavy atom. The second-order valence-corrected chi connectivity index (χ2v) is 6.95. The number of aromatic nitrogens is 2. The number of nitrogens with one attached hydrogen (secondary N) is 1. The van der Waals surface area contributed by atoms with Crippen LogP contribution in [0.25, 0.3) is 10.2 Å². The van der Waals surface area contributed by atoms with E-state index < -0.39 is 0 Å². The van der Waals surface area contributed by atoms with Crippen LogP contribution in [0.3, 0.4) is 0 Å². The third kappa shape index (κ3) is 2.82. The maximum Gasteiger partial charge on any atom is 0.271 e. The lowest BCUT2D eigenvalue weighted by atomic mass is 10.2. The van der Waals surface area contributed by atoms with Crippen molar-refractivity contribution in [2.24, 2.45) is 0 Å². The van der Waals surface area contributed by atoms with E-state index in [2.05, 4.69) is 10.3 Å². The highest BCUT2D eigenvalue weighted by Crippen LogP contribution is 2.28. The standard InChI is InChI=1S/C17H16FN3O2S/c1-9(2)21-8-19-14-13(10(3)24-15(14)17(21)23)16(22)20-12-6-4-11(18)5-7-12/h4-9H,1-3H3,(H,20,22). The van der Waals surface area contributed by atoms with Crippen molar-refractivity contribution in [2.45, 2.75) is 26.8 Å². The number of amides is 1. The van der Waals surface area contributed by atoms with Crippen molar-refractivity contribution in [2.75, 3.05) is 5.32 Å². The zero-order chi connectivity index (χ0) is 17.4. The predicted octanol–water partition coefficient (Wildman–Crippen LogP) is 3.74. The Kier molecular flexibility index (Phi) is 4.19. The van der Waals surface area contributed by atoms with Crippen LogP contribution in [0.4, 0.5) is 10.1 Å². The van der Waals surface area contributed by atoms with E-state index in [9.17, 15) is 14.0 Å². The van der Waals surface area contributed by atoms with Gasteiger partial charge >= 0.3 is 0 Å². The van der Waals surface area contributed by atoms with Gasteiger partial charge in [-0.25, -0.2) is 9.37 Å². The number of hydrogen-bond acceptors (Lipinski definition) is 4. The number of thiophene rings is 1. The Hall–Kier alpha value is -2.54. The number of carbonyl (C=O) groups excluding carboxylic acids is 1. The zero-order valence-corrected chi connectivity index (χ0v) is 14.3. The van der Waals surface area contributed by atoms with Gasteiger partial charge in [-0.1, -0.05) is 0 Å². The maximum absolute atomic E-state index is 13.0. The molecule has 0 aliphatic heterocycles. The molecule has 2 heterocycles. The topological polar surface area (TPSA) is 64.0 Å². The van der Waals surface area contributed by atoms with Crippen molar-refractivity contribution < 1.29 is 9.18 Å². The van der Waals surface area contributed by atoms with Gasteiger partial charge in [0.25, 0.3) is 11.5 Å². The molecular weight excluding hydrogens is 329 g/mol. The molecule has 3 rings (SSSR count). The zero-order valence-electron chi connectivity index (χ0n) is 13.5. The Bertz CT molecular complexity index is 974. The van der Waals surface area contributed by atoms with Gasteiger partial charge in [0, 0.05) is 16.6 Å². The first kappa shape index (κ1) is 16.3. The number of hydrogen-bond donors (Lipinski definition) is 1. The van der Waals surface area contributed by atoms with Crippen LogP contribution in [0.15, 0.2) is 35.4 Å². The van der Waals surface area contributed by atoms with E-state index in [0.717, 1.165) is 4.88 Å². The molecule has 5 nitrogen and oxygen atoms in total. The summed E-state index contributed by atoms with van der Waals surface area (Å²) in [7, 11) is 0. The van der Waals surface area contributed by atoms with Crippen LogP contribution >= 0.6 is 11.3 Å². The Morgan fingerprint density at radius 1 is 1.29 bits per heavy atom. The third-order valence-electron chi connectivity index (χ3n) is 3.68. The van der Waals surface area contributed by atoms with Crippen molar-refractivity contribution in [1.29, 1.82) is 0 Å². The van der Waals surface area contributed by atoms with Gasteiger partial charge < -0.3 is 5.32 Å². The van der Waals surface area contributed by atoms with Crippen molar-refractivity contribution in [3.63, 3.8) is 0 Å². The van der Waals surface area contributed by atoms with Crippen LogP contribution in [0, 0.1) is 12.7 Å². The minimum Gasteiger partial charge on any atom is -0.322 e. The summed E-state index contributed by atoms with van der Waals surface area (Å²) in [5.41, 5.74) is 1.12. The molecular formula is C17H16FN3O2S. The lowest BCUT2D eigenvalue weighted by Gasteiger charge is -2.08. The quantitative estimate of drug-likeness (QED) is 0.786. The van der Waals surface area contributed by atoms with Crippen molar-refractivity contribution in [3.05, 3.63) is 57.2 Å². The summed E-state index contributed by atoms with van der Waals surface area (Å²) in [6, 6.07) is 5.50. The molecule has 124 valence electrons. The molecule has 0 saturated carbocycles. The number of fused-ring (bicyclic) bond motifs is 1. The highest BCUT2D eigenvalue weighted by molar-refractivity contribution is 7.19. The molecule has 0 saturated heterocycles. The maximum atomic E-state index is 13.0. The van der Waals surface area contributed by atoms with Crippen molar-refractivity contribution >= 4 is 33.1 Å². The van der Waals surface area contributed by atoms with E-state index in [4.69, 9.17) is 0 Å². The molecule has 0 spiro atoms. The average molecular weight is 345 g/mol. The summed E-state index contributed by atoms with van der Waals surface area (Å²) in [4.78, 5) is 30.1. The fraction of sp³-hybridized carbons (Fsp3) is 0.235. The van der Waals surface area contributed by atoms with Gasteiger partial charge in [0.2, 0.25) is 0 Å². The molecule has 1 N–H and O–H groups in total. The van der Waals surface area contributed by atoms with Crippen molar-refractivity contribution in [1.82, 2.24) is 9.55 Å². The first-order valence-electron chi connectivity index (χ1n) is 7.45. The molecule has 0 fully saturated rings. The van der Waals surface area contributed by atoms with Crippen LogP contribution in [-0.2, 0) is 0 Å². The minimum atomic E-state index is -0.374. The summed E-state index contributed by atoms with van der Waals surface area (Å²) >= 11 is 1.26. The minimum absolute atomic E-state index is 0.00621. The van der Waals surface area contributed by atoms with Crippen LogP contribution in [0.2, 0.25) is 0 Å². The summed E-state index contributed by atoms with van der Waals surface area (Å²) in [5.74, 6) is -0.736. The van der Waals surface area contributed by atoms with Gasteiger partial charge in [-0.15, -0.1) is 11.3 Å². The third-order valence-corrected chi connectivity index (χ3v) is 4.77. The number of nitrogens with zero attached hydrogens (tertiary/aromatic N) is 2. The first-order valence-corrected chi connectivity index (χ1v) is 8.27. The van der Waals surface area contributed by atoms with E-state index in [1.54, 1.807) is 11.5 Å². The SMILES string of the molecule is Cc1sc2c(=O)n(C(C)C)cnc2c1C(=O)Nc1ccc(F)cc1. The second kappa shape index (κ2) is 6.16. The van der Waals surface area contributed by atoms with Gasteiger partial charge in [-0.05, 0) is 45.0 Å². The Labute approximate surface area is 141 Å². The van der Waals surface area contributed by atoms with E-state index in [0.29, 0.717) is 21.5 Å². The highest BCUT2D eigenvalue weighted by atomic mass is 32.1. The van der Waals surface area contributed by atoms with Gasteiger partial charge in [-0.3, -0.25) is 14.2 Å². The number of aryl methyl sites for hydroxylation is 1. The fourth-order valence-electron chi connectivity index (χ4n) is 2.45. The van der Waals surface area contributed by atoms with Gasteiger partial charge in [0.15, 0.2) is 0 Å².